The summed E-state index contributed by atoms with van der Waals surface area (Å²) in [6.07, 6.45) is 6.55. The van der Waals surface area contributed by atoms with Gasteiger partial charge in [-0.2, -0.15) is 10.4 Å². The third kappa shape index (κ3) is 0.685. The molecule has 3 nitrogen and oxygen atoms in total. The Balaban J connectivity index is 2.83. The molecule has 0 aliphatic carbocycles. The van der Waals surface area contributed by atoms with E-state index in [2.05, 4.69) is 11.6 Å². The number of quaternary nitrogens is 1. The van der Waals surface area contributed by atoms with Gasteiger partial charge in [-0.25, -0.2) is 4.99 Å². The van der Waals surface area contributed by atoms with Crippen LogP contribution in [0.15, 0.2) is 30.2 Å². The largest absolute Gasteiger partial charge is 0.219 e. The Hall–Kier alpha value is -0.930. The van der Waals surface area contributed by atoms with Crippen molar-refractivity contribution in [2.45, 2.75) is 0 Å². The van der Waals surface area contributed by atoms with Crippen molar-refractivity contribution >= 4 is 6.34 Å². The van der Waals surface area contributed by atoms with E-state index >= 15 is 0 Å². The molecule has 1 atom stereocenters. The Bertz CT molecular complexity index is 145. The molecule has 1 heterocycles. The van der Waals surface area contributed by atoms with Crippen molar-refractivity contribution in [3.05, 3.63) is 25.2 Å². The number of hydrogen-bond donors (Lipinski definition) is 1. The Labute approximate surface area is 48.0 Å². The van der Waals surface area contributed by atoms with Crippen LogP contribution in [0.2, 0.25) is 0 Å². The molecule has 42 valence electrons. The maximum absolute atomic E-state index is 5.54. The predicted octanol–water partition coefficient (Wildman–Crippen LogP) is 0.334. The lowest BCUT2D eigenvalue weighted by Crippen LogP contribution is -2.40. The van der Waals surface area contributed by atoms with E-state index in [4.69, 9.17) is 5.84 Å². The highest BCUT2D eigenvalue weighted by molar-refractivity contribution is 5.51. The number of rotatable bonds is 1. The van der Waals surface area contributed by atoms with Gasteiger partial charge in [-0.15, -0.1) is 0 Å². The van der Waals surface area contributed by atoms with Crippen molar-refractivity contribution < 1.29 is 4.59 Å². The zero-order valence-electron chi connectivity index (χ0n) is 4.49. The van der Waals surface area contributed by atoms with Gasteiger partial charge in [0.2, 0.25) is 6.34 Å². The Morgan fingerprint density at radius 3 is 2.75 bits per heavy atom. The molecule has 3 heteroatoms. The first kappa shape index (κ1) is 5.21. The van der Waals surface area contributed by atoms with Gasteiger partial charge in [0.15, 0.2) is 0 Å². The second-order valence-electron chi connectivity index (χ2n) is 1.64. The van der Waals surface area contributed by atoms with Crippen molar-refractivity contribution in [2.24, 2.45) is 10.8 Å². The monoisotopic (exact) mass is 110 g/mol. The molecule has 0 amide bonds. The minimum absolute atomic E-state index is 0.111. The van der Waals surface area contributed by atoms with Gasteiger partial charge in [0.05, 0.1) is 6.20 Å². The molecule has 1 aliphatic heterocycles. The van der Waals surface area contributed by atoms with Crippen LogP contribution in [0.4, 0.5) is 0 Å². The smallest absolute Gasteiger partial charge is 0.204 e. The summed E-state index contributed by atoms with van der Waals surface area (Å²) >= 11 is 0. The molecule has 8 heavy (non-hydrogen) atoms. The van der Waals surface area contributed by atoms with Gasteiger partial charge in [0, 0.05) is 0 Å². The predicted molar refractivity (Wildman–Crippen MR) is 32.3 cm³/mol. The molecule has 0 bridgehead atoms. The van der Waals surface area contributed by atoms with Gasteiger partial charge < -0.3 is 0 Å². The van der Waals surface area contributed by atoms with Crippen LogP contribution in [0.25, 0.3) is 0 Å². The molecule has 0 spiro atoms. The summed E-state index contributed by atoms with van der Waals surface area (Å²) in [7, 11) is 0. The van der Waals surface area contributed by atoms with Crippen molar-refractivity contribution in [1.82, 2.24) is 0 Å². The molecule has 0 aromatic rings. The van der Waals surface area contributed by atoms with E-state index in [-0.39, 0.29) is 4.59 Å². The summed E-state index contributed by atoms with van der Waals surface area (Å²) in [4.78, 5) is 3.78. The van der Waals surface area contributed by atoms with E-state index < -0.39 is 0 Å². The minimum atomic E-state index is 0.111. The molecule has 0 fully saturated rings. The van der Waals surface area contributed by atoms with Gasteiger partial charge in [-0.1, -0.05) is 0 Å². The van der Waals surface area contributed by atoms with Crippen molar-refractivity contribution in [2.75, 3.05) is 0 Å². The Morgan fingerprint density at radius 2 is 2.50 bits per heavy atom. The average molecular weight is 110 g/mol. The molecule has 0 aromatic carbocycles. The van der Waals surface area contributed by atoms with E-state index in [0.29, 0.717) is 0 Å². The molecule has 0 saturated heterocycles. The van der Waals surface area contributed by atoms with E-state index in [0.717, 1.165) is 0 Å². The zero-order valence-corrected chi connectivity index (χ0v) is 4.49. The number of nitrogens with zero attached hydrogens (tertiary/aromatic N) is 2. The second kappa shape index (κ2) is 1.54. The van der Waals surface area contributed by atoms with E-state index in [9.17, 15) is 0 Å². The van der Waals surface area contributed by atoms with Crippen LogP contribution in [0.1, 0.15) is 0 Å². The summed E-state index contributed by atoms with van der Waals surface area (Å²) in [6.45, 7) is 3.52. The maximum Gasteiger partial charge on any atom is 0.219 e. The van der Waals surface area contributed by atoms with Crippen LogP contribution in [0.3, 0.4) is 0 Å². The summed E-state index contributed by atoms with van der Waals surface area (Å²) in [5.74, 6) is 5.54. The van der Waals surface area contributed by atoms with Crippen molar-refractivity contribution in [3.8, 4) is 0 Å². The van der Waals surface area contributed by atoms with Crippen LogP contribution in [0, 0.1) is 0 Å². The summed E-state index contributed by atoms with van der Waals surface area (Å²) in [6, 6.07) is 0. The van der Waals surface area contributed by atoms with Crippen molar-refractivity contribution in [1.29, 1.82) is 0 Å². The van der Waals surface area contributed by atoms with Crippen LogP contribution < -0.4 is 5.84 Å². The summed E-state index contributed by atoms with van der Waals surface area (Å²) < 4.78 is 0.111. The molecule has 0 aromatic heterocycles. The lowest BCUT2D eigenvalue weighted by Gasteiger charge is -2.11. The molecule has 1 rings (SSSR count). The van der Waals surface area contributed by atoms with Gasteiger partial charge in [-0.05, 0) is 6.58 Å². The molecular formula is C5H8N3+. The Morgan fingerprint density at radius 1 is 1.75 bits per heavy atom. The molecule has 0 radical (unpaired) electrons. The van der Waals surface area contributed by atoms with E-state index in [1.54, 1.807) is 24.9 Å². The number of hydrogen-bond acceptors (Lipinski definition) is 2. The fraction of sp³-hybridized carbons (Fsp3) is 0. The summed E-state index contributed by atoms with van der Waals surface area (Å²) in [5, 5.41) is 0. The highest BCUT2D eigenvalue weighted by atomic mass is 15.6. The maximum atomic E-state index is 5.54. The SMILES string of the molecule is C=C[N+]1(N)C=CN=C1. The highest BCUT2D eigenvalue weighted by Crippen LogP contribution is 2.01. The van der Waals surface area contributed by atoms with Crippen LogP contribution in [-0.2, 0) is 0 Å². The van der Waals surface area contributed by atoms with Gasteiger partial charge in [0.1, 0.15) is 12.4 Å². The fourth-order valence-corrected chi connectivity index (χ4v) is 0.454. The summed E-state index contributed by atoms with van der Waals surface area (Å²) in [5.41, 5.74) is 0. The normalized spacial score (nSPS) is 33.6. The molecular weight excluding hydrogens is 102 g/mol. The topological polar surface area (TPSA) is 38.4 Å². The lowest BCUT2D eigenvalue weighted by atomic mass is 10.7. The van der Waals surface area contributed by atoms with E-state index in [1.165, 1.54) is 0 Å². The molecule has 1 aliphatic rings. The standard InChI is InChI=1S/C5H8N3/c1-2-8(6)4-3-7-5-8/h2-5H,1,6H2/q+1. The molecule has 1 unspecified atom stereocenters. The third-order valence-corrected chi connectivity index (χ3v) is 0.994. The third-order valence-electron chi connectivity index (χ3n) is 0.994. The molecule has 2 N–H and O–H groups in total. The van der Waals surface area contributed by atoms with E-state index in [1.807, 2.05) is 0 Å². The van der Waals surface area contributed by atoms with Crippen molar-refractivity contribution in [3.63, 3.8) is 0 Å². The quantitative estimate of drug-likeness (QED) is 0.383. The van der Waals surface area contributed by atoms with Crippen LogP contribution in [0.5, 0.6) is 0 Å². The van der Waals surface area contributed by atoms with Gasteiger partial charge >= 0.3 is 0 Å². The zero-order chi connectivity index (χ0) is 6.04. The highest BCUT2D eigenvalue weighted by Gasteiger charge is 2.14. The van der Waals surface area contributed by atoms with Gasteiger partial charge in [0.25, 0.3) is 0 Å². The second-order valence-corrected chi connectivity index (χ2v) is 1.64. The van der Waals surface area contributed by atoms with Gasteiger partial charge in [-0.3, -0.25) is 0 Å². The Kier molecular flexibility index (Phi) is 1.00. The fourth-order valence-electron chi connectivity index (χ4n) is 0.454. The number of nitrogens with two attached hydrogens (primary N) is 1. The van der Waals surface area contributed by atoms with Crippen LogP contribution >= 0.6 is 0 Å². The average Bonchev–Trinajstić information content (AvgIpc) is 2.17. The molecule has 0 saturated carbocycles. The first-order valence-electron chi connectivity index (χ1n) is 2.29. The van der Waals surface area contributed by atoms with Crippen LogP contribution in [-0.4, -0.2) is 10.9 Å². The number of aliphatic imine (C=N–C) groups is 1. The minimum Gasteiger partial charge on any atom is -0.204 e. The first-order chi connectivity index (χ1) is 3.77. The first-order valence-corrected chi connectivity index (χ1v) is 2.29. The lowest BCUT2D eigenvalue weighted by molar-refractivity contribution is -0.734.